The highest BCUT2D eigenvalue weighted by Crippen LogP contribution is 2.40. The molecule has 0 aliphatic carbocycles. The predicted molar refractivity (Wildman–Crippen MR) is 118 cm³/mol. The van der Waals surface area contributed by atoms with Gasteiger partial charge in [-0.3, -0.25) is 9.19 Å². The summed E-state index contributed by atoms with van der Waals surface area (Å²) in [5, 5.41) is 0.953. The standard InChI is InChI=1S/C23H20N2OS2/c1-15-5-4-6-18(13-15)21-22(19-11-12-24-16(2)14-19)27-23(25-21)17-7-9-20(10-8-17)28(3)26/h4-14H,1-3H3/t28-/m0/s1. The Labute approximate surface area is 171 Å². The van der Waals surface area contributed by atoms with E-state index in [4.69, 9.17) is 4.98 Å². The largest absolute Gasteiger partial charge is 0.262 e. The second-order valence-electron chi connectivity index (χ2n) is 6.73. The molecule has 4 rings (SSSR count). The number of benzene rings is 2. The van der Waals surface area contributed by atoms with Gasteiger partial charge in [0.25, 0.3) is 0 Å². The molecule has 2 aromatic heterocycles. The number of pyridine rings is 1. The summed E-state index contributed by atoms with van der Waals surface area (Å²) in [4.78, 5) is 11.3. The van der Waals surface area contributed by atoms with Crippen molar-refractivity contribution in [1.29, 1.82) is 0 Å². The third-order valence-corrected chi connectivity index (χ3v) is 6.60. The first kappa shape index (κ1) is 18.7. The number of aryl methyl sites for hydroxylation is 2. The molecule has 0 aliphatic heterocycles. The molecule has 5 heteroatoms. The van der Waals surface area contributed by atoms with E-state index in [1.807, 2.05) is 43.5 Å². The molecule has 0 saturated heterocycles. The number of hydrogen-bond donors (Lipinski definition) is 0. The molecular weight excluding hydrogens is 384 g/mol. The van der Waals surface area contributed by atoms with Crippen LogP contribution in [-0.2, 0) is 10.8 Å². The van der Waals surface area contributed by atoms with Crippen LogP contribution in [0.3, 0.4) is 0 Å². The summed E-state index contributed by atoms with van der Waals surface area (Å²) in [6, 6.07) is 20.4. The zero-order valence-corrected chi connectivity index (χ0v) is 17.6. The number of aromatic nitrogens is 2. The maximum Gasteiger partial charge on any atom is 0.124 e. The van der Waals surface area contributed by atoms with Crippen molar-refractivity contribution in [2.24, 2.45) is 0 Å². The van der Waals surface area contributed by atoms with Gasteiger partial charge in [0.1, 0.15) is 5.01 Å². The lowest BCUT2D eigenvalue weighted by Crippen LogP contribution is -1.87. The molecule has 2 heterocycles. The first-order valence-electron chi connectivity index (χ1n) is 8.96. The normalized spacial score (nSPS) is 12.1. The van der Waals surface area contributed by atoms with Crippen molar-refractivity contribution < 1.29 is 4.21 Å². The van der Waals surface area contributed by atoms with Crippen molar-refractivity contribution in [2.75, 3.05) is 6.26 Å². The van der Waals surface area contributed by atoms with Gasteiger partial charge in [-0.25, -0.2) is 4.98 Å². The van der Waals surface area contributed by atoms with Gasteiger partial charge in [0.15, 0.2) is 0 Å². The van der Waals surface area contributed by atoms with Crippen LogP contribution >= 0.6 is 11.3 Å². The smallest absolute Gasteiger partial charge is 0.124 e. The lowest BCUT2D eigenvalue weighted by Gasteiger charge is -2.04. The molecule has 0 unspecified atom stereocenters. The van der Waals surface area contributed by atoms with Crippen molar-refractivity contribution in [3.63, 3.8) is 0 Å². The van der Waals surface area contributed by atoms with Crippen LogP contribution in [0.15, 0.2) is 71.8 Å². The predicted octanol–water partition coefficient (Wildman–Crippen LogP) is 5.89. The van der Waals surface area contributed by atoms with E-state index in [9.17, 15) is 4.21 Å². The van der Waals surface area contributed by atoms with Gasteiger partial charge in [0, 0.05) is 45.0 Å². The van der Waals surface area contributed by atoms with Crippen LogP contribution in [0.5, 0.6) is 0 Å². The summed E-state index contributed by atoms with van der Waals surface area (Å²) in [5.41, 5.74) is 6.44. The van der Waals surface area contributed by atoms with Gasteiger partial charge in [-0.1, -0.05) is 35.9 Å². The number of nitrogens with zero attached hydrogens (tertiary/aromatic N) is 2. The fraction of sp³-hybridized carbons (Fsp3) is 0.130. The quantitative estimate of drug-likeness (QED) is 0.426. The molecular formula is C23H20N2OS2. The minimum Gasteiger partial charge on any atom is -0.262 e. The average Bonchev–Trinajstić information content (AvgIpc) is 3.13. The summed E-state index contributed by atoms with van der Waals surface area (Å²) in [5.74, 6) is 0. The Hall–Kier alpha value is -2.63. The Balaban J connectivity index is 1.87. The zero-order valence-electron chi connectivity index (χ0n) is 16.0. The first-order valence-corrected chi connectivity index (χ1v) is 11.3. The van der Waals surface area contributed by atoms with Crippen molar-refractivity contribution in [3.05, 3.63) is 78.1 Å². The SMILES string of the molecule is Cc1cccc(-c2nc(-c3ccc([S@](C)=O)cc3)sc2-c2ccnc(C)c2)c1. The van der Waals surface area contributed by atoms with E-state index >= 15 is 0 Å². The molecule has 0 amide bonds. The van der Waals surface area contributed by atoms with E-state index in [0.717, 1.165) is 42.9 Å². The Bertz CT molecular complexity index is 1100. The van der Waals surface area contributed by atoms with E-state index < -0.39 is 10.8 Å². The Morgan fingerprint density at radius 3 is 2.36 bits per heavy atom. The van der Waals surface area contributed by atoms with Crippen LogP contribution in [0, 0.1) is 13.8 Å². The molecule has 140 valence electrons. The van der Waals surface area contributed by atoms with Gasteiger partial charge in [0.05, 0.1) is 10.6 Å². The van der Waals surface area contributed by atoms with Gasteiger partial charge in [-0.15, -0.1) is 11.3 Å². The third kappa shape index (κ3) is 3.81. The number of thiazole rings is 1. The van der Waals surface area contributed by atoms with E-state index in [1.54, 1.807) is 17.6 Å². The minimum atomic E-state index is -0.981. The highest BCUT2D eigenvalue weighted by molar-refractivity contribution is 7.84. The van der Waals surface area contributed by atoms with E-state index in [2.05, 4.69) is 42.2 Å². The summed E-state index contributed by atoms with van der Waals surface area (Å²) >= 11 is 1.67. The lowest BCUT2D eigenvalue weighted by molar-refractivity contribution is 0.687. The average molecular weight is 405 g/mol. The molecule has 28 heavy (non-hydrogen) atoms. The highest BCUT2D eigenvalue weighted by atomic mass is 32.2. The molecule has 2 aromatic carbocycles. The van der Waals surface area contributed by atoms with Crippen molar-refractivity contribution in [1.82, 2.24) is 9.97 Å². The van der Waals surface area contributed by atoms with Crippen LogP contribution in [0.25, 0.3) is 32.3 Å². The lowest BCUT2D eigenvalue weighted by atomic mass is 10.1. The van der Waals surface area contributed by atoms with Gasteiger partial charge in [-0.2, -0.15) is 0 Å². The third-order valence-electron chi connectivity index (χ3n) is 4.51. The van der Waals surface area contributed by atoms with Gasteiger partial charge in [0.2, 0.25) is 0 Å². The zero-order chi connectivity index (χ0) is 19.7. The van der Waals surface area contributed by atoms with Crippen LogP contribution in [0.2, 0.25) is 0 Å². The minimum absolute atomic E-state index is 0.823. The molecule has 0 aliphatic rings. The second-order valence-corrected chi connectivity index (χ2v) is 9.11. The fourth-order valence-corrected chi connectivity index (χ4v) is 4.71. The molecule has 0 fully saturated rings. The fourth-order valence-electron chi connectivity index (χ4n) is 3.10. The molecule has 3 nitrogen and oxygen atoms in total. The molecule has 0 radical (unpaired) electrons. The molecule has 0 bridgehead atoms. The van der Waals surface area contributed by atoms with Crippen LogP contribution < -0.4 is 0 Å². The number of hydrogen-bond acceptors (Lipinski definition) is 4. The molecule has 0 saturated carbocycles. The highest BCUT2D eigenvalue weighted by Gasteiger charge is 2.16. The van der Waals surface area contributed by atoms with E-state index in [1.165, 1.54) is 5.56 Å². The van der Waals surface area contributed by atoms with E-state index in [0.29, 0.717) is 0 Å². The summed E-state index contributed by atoms with van der Waals surface area (Å²) in [7, 11) is -0.981. The van der Waals surface area contributed by atoms with Crippen LogP contribution in [0.4, 0.5) is 0 Å². The van der Waals surface area contributed by atoms with Gasteiger partial charge < -0.3 is 0 Å². The Kier molecular flexibility index (Phi) is 5.20. The summed E-state index contributed by atoms with van der Waals surface area (Å²) in [6.07, 6.45) is 3.54. The van der Waals surface area contributed by atoms with Gasteiger partial charge in [-0.05, 0) is 49.7 Å². The molecule has 4 aromatic rings. The van der Waals surface area contributed by atoms with Crippen molar-refractivity contribution in [2.45, 2.75) is 18.7 Å². The Morgan fingerprint density at radius 1 is 0.893 bits per heavy atom. The summed E-state index contributed by atoms with van der Waals surface area (Å²) < 4.78 is 11.7. The molecule has 0 N–H and O–H groups in total. The topological polar surface area (TPSA) is 42.9 Å². The molecule has 0 spiro atoms. The van der Waals surface area contributed by atoms with Gasteiger partial charge >= 0.3 is 0 Å². The van der Waals surface area contributed by atoms with E-state index in [-0.39, 0.29) is 0 Å². The molecule has 1 atom stereocenters. The van der Waals surface area contributed by atoms with Crippen LogP contribution in [-0.4, -0.2) is 20.4 Å². The monoisotopic (exact) mass is 404 g/mol. The van der Waals surface area contributed by atoms with Crippen molar-refractivity contribution >= 4 is 22.1 Å². The van der Waals surface area contributed by atoms with Crippen molar-refractivity contribution in [3.8, 4) is 32.3 Å². The maximum absolute atomic E-state index is 11.7. The van der Waals surface area contributed by atoms with Crippen LogP contribution in [0.1, 0.15) is 11.3 Å². The number of rotatable bonds is 4. The maximum atomic E-state index is 11.7. The Morgan fingerprint density at radius 2 is 1.68 bits per heavy atom. The second kappa shape index (κ2) is 7.78. The summed E-state index contributed by atoms with van der Waals surface area (Å²) in [6.45, 7) is 4.10. The first-order chi connectivity index (χ1) is 13.5.